The van der Waals surface area contributed by atoms with Gasteiger partial charge in [-0.3, -0.25) is 14.4 Å². The van der Waals surface area contributed by atoms with Crippen LogP contribution in [0.15, 0.2) is 109 Å². The average Bonchev–Trinajstić information content (AvgIpc) is 3.74. The molecular weight excluding hydrogens is 648 g/mol. The Balaban J connectivity index is 1.38. The SMILES string of the molecule is Cc1nn(-c2ccccc2)c(O)c1C(=O)c1cc(C(=O)c2c(C)nn(-c3ccccc3)c2O)cc(C(=O)c2c(C)nn(-c3ccccc3)c2O)c1. The molecule has 0 amide bonds. The van der Waals surface area contributed by atoms with Crippen molar-refractivity contribution in [3.05, 3.63) is 160 Å². The number of aromatic hydroxyl groups is 3. The Morgan fingerprint density at radius 1 is 0.431 bits per heavy atom. The molecule has 252 valence electrons. The highest BCUT2D eigenvalue weighted by Crippen LogP contribution is 2.33. The minimum atomic E-state index is -0.710. The smallest absolute Gasteiger partial charge is 0.225 e. The second-order valence-corrected chi connectivity index (χ2v) is 11.9. The van der Waals surface area contributed by atoms with Crippen LogP contribution in [0.25, 0.3) is 17.1 Å². The lowest BCUT2D eigenvalue weighted by atomic mass is 9.92. The number of benzene rings is 4. The summed E-state index contributed by atoms with van der Waals surface area (Å²) in [6.45, 7) is 4.69. The van der Waals surface area contributed by atoms with Crippen LogP contribution in [-0.2, 0) is 0 Å². The summed E-state index contributed by atoms with van der Waals surface area (Å²) in [6.07, 6.45) is 0. The number of carbonyl (C=O) groups is 3. The minimum Gasteiger partial charge on any atom is -0.493 e. The highest BCUT2D eigenvalue weighted by atomic mass is 16.3. The third-order valence-electron chi connectivity index (χ3n) is 8.51. The number of nitrogens with zero attached hydrogens (tertiary/aromatic N) is 6. The van der Waals surface area contributed by atoms with Crippen LogP contribution < -0.4 is 0 Å². The molecule has 12 heteroatoms. The molecule has 0 bridgehead atoms. The van der Waals surface area contributed by atoms with E-state index >= 15 is 0 Å². The number of carbonyl (C=O) groups excluding carboxylic acids is 3. The number of aromatic nitrogens is 6. The summed E-state index contributed by atoms with van der Waals surface area (Å²) in [4.78, 5) is 42.7. The molecule has 3 aromatic heterocycles. The van der Waals surface area contributed by atoms with E-state index in [9.17, 15) is 29.7 Å². The molecule has 7 aromatic rings. The average molecular weight is 679 g/mol. The van der Waals surface area contributed by atoms with Crippen LogP contribution in [0, 0.1) is 20.8 Å². The van der Waals surface area contributed by atoms with Gasteiger partial charge in [0.2, 0.25) is 17.6 Å². The van der Waals surface area contributed by atoms with E-state index in [-0.39, 0.29) is 50.5 Å². The fraction of sp³-hybridized carbons (Fsp3) is 0.0769. The summed E-state index contributed by atoms with van der Waals surface area (Å²) in [5.41, 5.74) is 1.43. The van der Waals surface area contributed by atoms with Crippen molar-refractivity contribution in [3.63, 3.8) is 0 Å². The fourth-order valence-corrected chi connectivity index (χ4v) is 6.04. The van der Waals surface area contributed by atoms with Crippen LogP contribution in [0.3, 0.4) is 0 Å². The Morgan fingerprint density at radius 2 is 0.667 bits per heavy atom. The van der Waals surface area contributed by atoms with Gasteiger partial charge in [0.1, 0.15) is 16.7 Å². The molecule has 3 N–H and O–H groups in total. The zero-order valence-corrected chi connectivity index (χ0v) is 27.6. The number of hydrogen-bond donors (Lipinski definition) is 3. The van der Waals surface area contributed by atoms with Gasteiger partial charge in [0.05, 0.1) is 34.1 Å². The van der Waals surface area contributed by atoms with Crippen LogP contribution in [0.4, 0.5) is 0 Å². The summed E-state index contributed by atoms with van der Waals surface area (Å²) in [5.74, 6) is -3.41. The molecule has 0 spiro atoms. The van der Waals surface area contributed by atoms with E-state index < -0.39 is 35.0 Å². The summed E-state index contributed by atoms with van der Waals surface area (Å²) in [7, 11) is 0. The van der Waals surface area contributed by atoms with Crippen molar-refractivity contribution in [3.8, 4) is 34.7 Å². The number of ketones is 3. The molecule has 3 heterocycles. The predicted octanol–water partition coefficient (Wildman–Crippen LogP) is 5.98. The lowest BCUT2D eigenvalue weighted by Gasteiger charge is -2.10. The first kappa shape index (κ1) is 32.5. The van der Waals surface area contributed by atoms with Gasteiger partial charge in [-0.25, -0.2) is 14.0 Å². The van der Waals surface area contributed by atoms with Gasteiger partial charge in [-0.15, -0.1) is 0 Å². The number of aryl methyl sites for hydroxylation is 3. The minimum absolute atomic E-state index is 0.115. The Kier molecular flexibility index (Phi) is 8.11. The van der Waals surface area contributed by atoms with Gasteiger partial charge in [-0.1, -0.05) is 54.6 Å². The van der Waals surface area contributed by atoms with Crippen molar-refractivity contribution in [2.45, 2.75) is 20.8 Å². The van der Waals surface area contributed by atoms with Gasteiger partial charge >= 0.3 is 0 Å². The highest BCUT2D eigenvalue weighted by molar-refractivity contribution is 6.19. The van der Waals surface area contributed by atoms with E-state index in [4.69, 9.17) is 0 Å². The van der Waals surface area contributed by atoms with Crippen molar-refractivity contribution in [1.82, 2.24) is 29.3 Å². The fourth-order valence-electron chi connectivity index (χ4n) is 6.04. The number of hydrogen-bond acceptors (Lipinski definition) is 9. The zero-order chi connectivity index (χ0) is 36.0. The molecule has 0 aliphatic rings. The molecule has 0 saturated heterocycles. The quantitative estimate of drug-likeness (QED) is 0.156. The molecule has 51 heavy (non-hydrogen) atoms. The van der Waals surface area contributed by atoms with E-state index in [0.29, 0.717) is 17.1 Å². The molecule has 0 radical (unpaired) electrons. The van der Waals surface area contributed by atoms with Crippen molar-refractivity contribution in [2.75, 3.05) is 0 Å². The van der Waals surface area contributed by atoms with E-state index in [1.54, 1.807) is 112 Å². The van der Waals surface area contributed by atoms with Crippen molar-refractivity contribution in [1.29, 1.82) is 0 Å². The lowest BCUT2D eigenvalue weighted by Crippen LogP contribution is -2.12. The topological polar surface area (TPSA) is 165 Å². The first-order valence-electron chi connectivity index (χ1n) is 15.9. The lowest BCUT2D eigenvalue weighted by molar-refractivity contribution is 0.103. The zero-order valence-electron chi connectivity index (χ0n) is 27.6. The Hall–Kier alpha value is -7.08. The third-order valence-corrected chi connectivity index (χ3v) is 8.51. The van der Waals surface area contributed by atoms with Crippen LogP contribution in [0.2, 0.25) is 0 Å². The van der Waals surface area contributed by atoms with Crippen molar-refractivity contribution < 1.29 is 29.7 Å². The second kappa shape index (κ2) is 12.7. The van der Waals surface area contributed by atoms with Crippen molar-refractivity contribution >= 4 is 17.3 Å². The summed E-state index contributed by atoms with van der Waals surface area (Å²) >= 11 is 0. The van der Waals surface area contributed by atoms with Crippen molar-refractivity contribution in [2.24, 2.45) is 0 Å². The maximum absolute atomic E-state index is 14.2. The maximum atomic E-state index is 14.2. The molecule has 0 saturated carbocycles. The Bertz CT molecular complexity index is 2190. The summed E-state index contributed by atoms with van der Waals surface area (Å²) < 4.78 is 3.67. The third kappa shape index (κ3) is 5.64. The monoisotopic (exact) mass is 678 g/mol. The van der Waals surface area contributed by atoms with Gasteiger partial charge in [0.15, 0.2) is 17.3 Å². The van der Waals surface area contributed by atoms with E-state index in [1.807, 2.05) is 0 Å². The first-order chi connectivity index (χ1) is 24.5. The van der Waals surface area contributed by atoms with Gasteiger partial charge in [0, 0.05) is 16.7 Å². The first-order valence-corrected chi connectivity index (χ1v) is 15.9. The van der Waals surface area contributed by atoms with E-state index in [0.717, 1.165) is 0 Å². The van der Waals surface area contributed by atoms with Gasteiger partial charge in [0.25, 0.3) is 0 Å². The molecule has 0 unspecified atom stereocenters. The molecule has 0 atom stereocenters. The standard InChI is InChI=1S/C39H30N6O6/c1-22-31(37(49)43(40-22)28-13-7-4-8-14-28)34(46)25-19-26(35(47)32-23(2)41-44(38(32)50)29-15-9-5-10-16-29)21-27(20-25)36(48)33-24(3)42-45(39(33)51)30-17-11-6-12-18-30/h4-21,49-51H,1-3H3. The maximum Gasteiger partial charge on any atom is 0.225 e. The summed E-state index contributed by atoms with van der Waals surface area (Å²) in [6, 6.07) is 30.1. The van der Waals surface area contributed by atoms with Gasteiger partial charge in [-0.2, -0.15) is 15.3 Å². The summed E-state index contributed by atoms with van der Waals surface area (Å²) in [5, 5.41) is 46.8. The number of para-hydroxylation sites is 3. The van der Waals surface area contributed by atoms with Gasteiger partial charge < -0.3 is 15.3 Å². The molecule has 4 aromatic carbocycles. The highest BCUT2D eigenvalue weighted by Gasteiger charge is 2.30. The van der Waals surface area contributed by atoms with Gasteiger partial charge in [-0.05, 0) is 75.4 Å². The molecule has 0 aliphatic carbocycles. The largest absolute Gasteiger partial charge is 0.493 e. The number of rotatable bonds is 9. The van der Waals surface area contributed by atoms with E-state index in [1.165, 1.54) is 32.2 Å². The predicted molar refractivity (Wildman–Crippen MR) is 187 cm³/mol. The normalized spacial score (nSPS) is 11.1. The van der Waals surface area contributed by atoms with Crippen LogP contribution >= 0.6 is 0 Å². The van der Waals surface area contributed by atoms with Crippen LogP contribution in [-0.4, -0.2) is 62.0 Å². The molecule has 0 fully saturated rings. The van der Waals surface area contributed by atoms with Crippen LogP contribution in [0.1, 0.15) is 64.8 Å². The Morgan fingerprint density at radius 3 is 0.902 bits per heavy atom. The molecule has 12 nitrogen and oxygen atoms in total. The van der Waals surface area contributed by atoms with Crippen LogP contribution in [0.5, 0.6) is 17.6 Å². The molecular formula is C39H30N6O6. The van der Waals surface area contributed by atoms with E-state index in [2.05, 4.69) is 15.3 Å². The molecule has 7 rings (SSSR count). The second-order valence-electron chi connectivity index (χ2n) is 11.9. The molecule has 0 aliphatic heterocycles. The Labute approximate surface area is 291 Å².